The predicted molar refractivity (Wildman–Crippen MR) is 104 cm³/mol. The minimum atomic E-state index is -4.99. The number of carboxylic acids is 1. The highest BCUT2D eigenvalue weighted by Gasteiger charge is 2.32. The van der Waals surface area contributed by atoms with Crippen molar-refractivity contribution in [3.05, 3.63) is 71.7 Å². The standard InChI is InChI=1S/C21H16F4N2O4/c1-30-17-6-3-13(9-15(17)20(28)29)14-4-7-19(27-11-14)26-10-12-2-5-16(22)18(8-12)31-21(23,24)25/h2-9,11H,10H2,1H3,(H,26,27)(H,28,29). The van der Waals surface area contributed by atoms with Crippen LogP contribution >= 0.6 is 0 Å². The maximum absolute atomic E-state index is 13.5. The van der Waals surface area contributed by atoms with Gasteiger partial charge in [0, 0.05) is 18.3 Å². The van der Waals surface area contributed by atoms with Crippen LogP contribution in [0.25, 0.3) is 11.1 Å². The molecule has 1 heterocycles. The zero-order chi connectivity index (χ0) is 22.6. The van der Waals surface area contributed by atoms with E-state index in [0.29, 0.717) is 22.5 Å². The summed E-state index contributed by atoms with van der Waals surface area (Å²) in [4.78, 5) is 15.6. The largest absolute Gasteiger partial charge is 0.573 e. The third-order valence-electron chi connectivity index (χ3n) is 4.22. The topological polar surface area (TPSA) is 80.7 Å². The van der Waals surface area contributed by atoms with Crippen LogP contribution in [0.2, 0.25) is 0 Å². The van der Waals surface area contributed by atoms with Crippen LogP contribution in [0.4, 0.5) is 23.4 Å². The van der Waals surface area contributed by atoms with Crippen LogP contribution in [-0.2, 0) is 6.54 Å². The van der Waals surface area contributed by atoms with Crippen LogP contribution in [0.1, 0.15) is 15.9 Å². The summed E-state index contributed by atoms with van der Waals surface area (Å²) >= 11 is 0. The van der Waals surface area contributed by atoms with Gasteiger partial charge in [-0.2, -0.15) is 0 Å². The number of aromatic carboxylic acids is 1. The first-order valence-corrected chi connectivity index (χ1v) is 8.82. The molecule has 3 rings (SSSR count). The molecule has 10 heteroatoms. The minimum absolute atomic E-state index is 0.00962. The van der Waals surface area contributed by atoms with Crippen LogP contribution in [-0.4, -0.2) is 29.5 Å². The van der Waals surface area contributed by atoms with Crippen molar-refractivity contribution in [3.63, 3.8) is 0 Å². The van der Waals surface area contributed by atoms with E-state index >= 15 is 0 Å². The Morgan fingerprint density at radius 3 is 2.42 bits per heavy atom. The summed E-state index contributed by atoms with van der Waals surface area (Å²) < 4.78 is 59.2. The zero-order valence-corrected chi connectivity index (χ0v) is 16.0. The van der Waals surface area contributed by atoms with Gasteiger partial charge in [0.05, 0.1) is 7.11 Å². The molecule has 0 radical (unpaired) electrons. The van der Waals surface area contributed by atoms with Crippen LogP contribution in [0.15, 0.2) is 54.7 Å². The second-order valence-corrected chi connectivity index (χ2v) is 6.32. The number of benzene rings is 2. The Labute approximate surface area is 174 Å². The number of carboxylic acid groups (broad SMARTS) is 1. The number of methoxy groups -OCH3 is 1. The number of aromatic nitrogens is 1. The highest BCUT2D eigenvalue weighted by Crippen LogP contribution is 2.28. The van der Waals surface area contributed by atoms with Crippen molar-refractivity contribution in [2.45, 2.75) is 12.9 Å². The van der Waals surface area contributed by atoms with Crippen molar-refractivity contribution in [2.75, 3.05) is 12.4 Å². The molecule has 0 saturated carbocycles. The minimum Gasteiger partial charge on any atom is -0.496 e. The molecule has 31 heavy (non-hydrogen) atoms. The van der Waals surface area contributed by atoms with E-state index in [2.05, 4.69) is 15.0 Å². The fraction of sp³-hybridized carbons (Fsp3) is 0.143. The monoisotopic (exact) mass is 436 g/mol. The number of nitrogens with zero attached hydrogens (tertiary/aromatic N) is 1. The summed E-state index contributed by atoms with van der Waals surface area (Å²) in [6.07, 6.45) is -3.48. The Morgan fingerprint density at radius 2 is 1.81 bits per heavy atom. The van der Waals surface area contributed by atoms with Gasteiger partial charge in [0.25, 0.3) is 0 Å². The smallest absolute Gasteiger partial charge is 0.496 e. The molecule has 2 N–H and O–H groups in total. The second-order valence-electron chi connectivity index (χ2n) is 6.32. The number of carbonyl (C=O) groups is 1. The molecule has 2 aromatic carbocycles. The van der Waals surface area contributed by atoms with E-state index in [1.807, 2.05) is 0 Å². The van der Waals surface area contributed by atoms with Crippen molar-refractivity contribution >= 4 is 11.8 Å². The third kappa shape index (κ3) is 5.62. The number of rotatable bonds is 7. The van der Waals surface area contributed by atoms with E-state index in [-0.39, 0.29) is 17.9 Å². The number of anilines is 1. The molecule has 0 aliphatic rings. The van der Waals surface area contributed by atoms with Crippen molar-refractivity contribution in [3.8, 4) is 22.6 Å². The molecule has 3 aromatic rings. The normalized spacial score (nSPS) is 11.1. The highest BCUT2D eigenvalue weighted by molar-refractivity contribution is 5.92. The first-order valence-electron chi connectivity index (χ1n) is 8.82. The molecule has 0 unspecified atom stereocenters. The van der Waals surface area contributed by atoms with Gasteiger partial charge in [-0.15, -0.1) is 13.2 Å². The Balaban J connectivity index is 1.71. The van der Waals surface area contributed by atoms with Crippen LogP contribution in [0.3, 0.4) is 0 Å². The van der Waals surface area contributed by atoms with Crippen LogP contribution in [0.5, 0.6) is 11.5 Å². The van der Waals surface area contributed by atoms with E-state index in [9.17, 15) is 27.5 Å². The lowest BCUT2D eigenvalue weighted by Gasteiger charge is -2.12. The van der Waals surface area contributed by atoms with E-state index < -0.39 is 23.9 Å². The quantitative estimate of drug-likeness (QED) is 0.502. The van der Waals surface area contributed by atoms with Gasteiger partial charge < -0.3 is 19.9 Å². The summed E-state index contributed by atoms with van der Waals surface area (Å²) in [7, 11) is 1.38. The highest BCUT2D eigenvalue weighted by atomic mass is 19.4. The number of ether oxygens (including phenoxy) is 2. The number of halogens is 4. The van der Waals surface area contributed by atoms with Gasteiger partial charge in [-0.05, 0) is 47.5 Å². The van der Waals surface area contributed by atoms with Gasteiger partial charge in [0.2, 0.25) is 0 Å². The molecular formula is C21H16F4N2O4. The predicted octanol–water partition coefficient (Wildman–Crippen LogP) is 5.11. The molecule has 0 aliphatic heterocycles. The average Bonchev–Trinajstić information content (AvgIpc) is 2.73. The molecule has 0 bridgehead atoms. The summed E-state index contributed by atoms with van der Waals surface area (Å²) in [6.45, 7) is 0.0759. The van der Waals surface area contributed by atoms with Gasteiger partial charge in [0.15, 0.2) is 11.6 Å². The average molecular weight is 436 g/mol. The van der Waals surface area contributed by atoms with Crippen LogP contribution in [0, 0.1) is 5.82 Å². The fourth-order valence-electron chi connectivity index (χ4n) is 2.78. The SMILES string of the molecule is COc1ccc(-c2ccc(NCc3ccc(F)c(OC(F)(F)F)c3)nc2)cc1C(=O)O. The molecule has 6 nitrogen and oxygen atoms in total. The van der Waals surface area contributed by atoms with Gasteiger partial charge >= 0.3 is 12.3 Å². The lowest BCUT2D eigenvalue weighted by molar-refractivity contribution is -0.275. The number of pyridine rings is 1. The molecule has 0 saturated heterocycles. The summed E-state index contributed by atoms with van der Waals surface area (Å²) in [6, 6.07) is 11.2. The molecule has 0 spiro atoms. The van der Waals surface area contributed by atoms with E-state index in [4.69, 9.17) is 4.74 Å². The lowest BCUT2D eigenvalue weighted by Crippen LogP contribution is -2.18. The fourth-order valence-corrected chi connectivity index (χ4v) is 2.78. The number of hydrogen-bond donors (Lipinski definition) is 2. The van der Waals surface area contributed by atoms with Gasteiger partial charge in [-0.1, -0.05) is 12.1 Å². The Kier molecular flexibility index (Phi) is 6.28. The number of hydrogen-bond acceptors (Lipinski definition) is 5. The second kappa shape index (κ2) is 8.90. The van der Waals surface area contributed by atoms with Crippen molar-refractivity contribution < 1.29 is 36.9 Å². The van der Waals surface area contributed by atoms with E-state index in [1.54, 1.807) is 24.3 Å². The Bertz CT molecular complexity index is 1090. The van der Waals surface area contributed by atoms with Crippen molar-refractivity contribution in [2.24, 2.45) is 0 Å². The maximum Gasteiger partial charge on any atom is 0.573 e. The van der Waals surface area contributed by atoms with Crippen molar-refractivity contribution in [1.82, 2.24) is 4.98 Å². The Morgan fingerprint density at radius 1 is 1.06 bits per heavy atom. The summed E-state index contributed by atoms with van der Waals surface area (Å²) in [5.74, 6) is -2.51. The number of nitrogens with one attached hydrogen (secondary N) is 1. The van der Waals surface area contributed by atoms with E-state index in [0.717, 1.165) is 12.1 Å². The molecule has 1 aromatic heterocycles. The van der Waals surface area contributed by atoms with E-state index in [1.165, 1.54) is 25.4 Å². The zero-order valence-electron chi connectivity index (χ0n) is 16.0. The molecule has 0 atom stereocenters. The molecular weight excluding hydrogens is 420 g/mol. The molecule has 162 valence electrons. The maximum atomic E-state index is 13.5. The molecule has 0 aliphatic carbocycles. The molecule has 0 fully saturated rings. The Hall–Kier alpha value is -3.82. The first-order chi connectivity index (χ1) is 14.7. The molecule has 0 amide bonds. The number of alkyl halides is 3. The third-order valence-corrected chi connectivity index (χ3v) is 4.22. The summed E-state index contributed by atoms with van der Waals surface area (Å²) in [5.41, 5.74) is 1.63. The van der Waals surface area contributed by atoms with Gasteiger partial charge in [-0.25, -0.2) is 14.2 Å². The summed E-state index contributed by atoms with van der Waals surface area (Å²) in [5, 5.41) is 12.2. The van der Waals surface area contributed by atoms with Crippen molar-refractivity contribution in [1.29, 1.82) is 0 Å². The first kappa shape index (κ1) is 21.9. The lowest BCUT2D eigenvalue weighted by atomic mass is 10.0. The van der Waals surface area contributed by atoms with Gasteiger partial charge in [0.1, 0.15) is 17.1 Å². The van der Waals surface area contributed by atoms with Gasteiger partial charge in [-0.3, -0.25) is 0 Å². The van der Waals surface area contributed by atoms with Crippen LogP contribution < -0.4 is 14.8 Å².